The van der Waals surface area contributed by atoms with Crippen LogP contribution >= 0.6 is 0 Å². The maximum Gasteiger partial charge on any atom is 0.242 e. The van der Waals surface area contributed by atoms with E-state index < -0.39 is 10.0 Å². The summed E-state index contributed by atoms with van der Waals surface area (Å²) in [5.74, 6) is 0.241. The van der Waals surface area contributed by atoms with Gasteiger partial charge in [0.1, 0.15) is 0 Å². The van der Waals surface area contributed by atoms with E-state index in [-0.39, 0.29) is 17.3 Å². The normalized spacial score (nSPS) is 11.9. The fourth-order valence-corrected chi connectivity index (χ4v) is 2.98. The summed E-state index contributed by atoms with van der Waals surface area (Å²) in [6.07, 6.45) is 0.453. The molecule has 0 heterocycles. The fourth-order valence-electron chi connectivity index (χ4n) is 1.81. The summed E-state index contributed by atoms with van der Waals surface area (Å²) in [6, 6.07) is 6.73. The van der Waals surface area contributed by atoms with E-state index in [0.717, 1.165) is 5.56 Å². The zero-order valence-corrected chi connectivity index (χ0v) is 13.9. The number of benzene rings is 1. The van der Waals surface area contributed by atoms with E-state index in [2.05, 4.69) is 5.32 Å². The van der Waals surface area contributed by atoms with Gasteiger partial charge in [0.05, 0.1) is 4.90 Å². The third-order valence-corrected chi connectivity index (χ3v) is 4.94. The number of rotatable bonds is 7. The van der Waals surface area contributed by atoms with Crippen LogP contribution in [0.3, 0.4) is 0 Å². The van der Waals surface area contributed by atoms with Crippen LogP contribution in [-0.4, -0.2) is 38.8 Å². The Balaban J connectivity index is 2.56. The summed E-state index contributed by atoms with van der Waals surface area (Å²) in [5, 5.41) is 2.73. The van der Waals surface area contributed by atoms with Gasteiger partial charge in [0.2, 0.25) is 15.9 Å². The van der Waals surface area contributed by atoms with Crippen LogP contribution in [0, 0.1) is 12.8 Å². The lowest BCUT2D eigenvalue weighted by molar-refractivity contribution is -0.121. The number of likely N-dealkylation sites (N-methyl/N-ethyl adjacent to an activating group) is 1. The highest BCUT2D eigenvalue weighted by molar-refractivity contribution is 7.89. The quantitative estimate of drug-likeness (QED) is 0.834. The molecule has 0 saturated carbocycles. The van der Waals surface area contributed by atoms with Crippen molar-refractivity contribution in [3.05, 3.63) is 29.8 Å². The summed E-state index contributed by atoms with van der Waals surface area (Å²) >= 11 is 0. The molecular weight excluding hydrogens is 288 g/mol. The Morgan fingerprint density at radius 3 is 2.33 bits per heavy atom. The van der Waals surface area contributed by atoms with Gasteiger partial charge in [-0.2, -0.15) is 4.31 Å². The summed E-state index contributed by atoms with van der Waals surface area (Å²) in [5.41, 5.74) is 1.01. The number of carbonyl (C=O) groups excluding carboxylic acids is 1. The molecule has 1 amide bonds. The Morgan fingerprint density at radius 1 is 1.24 bits per heavy atom. The number of nitrogens with zero attached hydrogens (tertiary/aromatic N) is 1. The van der Waals surface area contributed by atoms with Gasteiger partial charge in [-0.25, -0.2) is 8.42 Å². The molecule has 0 fully saturated rings. The first-order valence-corrected chi connectivity index (χ1v) is 8.47. The molecule has 118 valence electrons. The summed E-state index contributed by atoms with van der Waals surface area (Å²) < 4.78 is 25.9. The first kappa shape index (κ1) is 17.7. The maximum absolute atomic E-state index is 12.3. The lowest BCUT2D eigenvalue weighted by Gasteiger charge is -2.17. The van der Waals surface area contributed by atoms with Gasteiger partial charge < -0.3 is 5.32 Å². The molecule has 0 spiro atoms. The molecule has 0 aromatic heterocycles. The zero-order valence-electron chi connectivity index (χ0n) is 13.1. The van der Waals surface area contributed by atoms with Crippen LogP contribution in [0.5, 0.6) is 0 Å². The van der Waals surface area contributed by atoms with Crippen LogP contribution in [0.15, 0.2) is 29.2 Å². The molecule has 1 rings (SSSR count). The van der Waals surface area contributed by atoms with Crippen LogP contribution in [0.2, 0.25) is 0 Å². The average molecular weight is 312 g/mol. The standard InChI is InChI=1S/C15H24N2O3S/c1-12(2)11-15(18)16-9-10-17(4)21(19,20)14-7-5-13(3)6-8-14/h5-8,12H,9-11H2,1-4H3,(H,16,18). The van der Waals surface area contributed by atoms with E-state index in [9.17, 15) is 13.2 Å². The van der Waals surface area contributed by atoms with Gasteiger partial charge in [0, 0.05) is 26.6 Å². The van der Waals surface area contributed by atoms with Gasteiger partial charge in [-0.15, -0.1) is 0 Å². The third-order valence-electron chi connectivity index (χ3n) is 3.07. The molecule has 21 heavy (non-hydrogen) atoms. The largest absolute Gasteiger partial charge is 0.355 e. The van der Waals surface area contributed by atoms with Crippen molar-refractivity contribution in [2.45, 2.75) is 32.1 Å². The Hall–Kier alpha value is -1.40. The van der Waals surface area contributed by atoms with Crippen LogP contribution < -0.4 is 5.32 Å². The minimum Gasteiger partial charge on any atom is -0.355 e. The Labute approximate surface area is 127 Å². The number of carbonyl (C=O) groups is 1. The molecule has 1 aromatic rings. The van der Waals surface area contributed by atoms with E-state index in [1.165, 1.54) is 11.4 Å². The Kier molecular flexibility index (Phi) is 6.36. The molecule has 0 unspecified atom stereocenters. The highest BCUT2D eigenvalue weighted by Gasteiger charge is 2.20. The van der Waals surface area contributed by atoms with Gasteiger partial charge in [0.25, 0.3) is 0 Å². The van der Waals surface area contributed by atoms with Crippen molar-refractivity contribution in [1.82, 2.24) is 9.62 Å². The second kappa shape index (κ2) is 7.56. The zero-order chi connectivity index (χ0) is 16.0. The van der Waals surface area contributed by atoms with Crippen molar-refractivity contribution in [2.75, 3.05) is 20.1 Å². The maximum atomic E-state index is 12.3. The first-order valence-electron chi connectivity index (χ1n) is 7.03. The molecule has 0 aliphatic heterocycles. The molecule has 1 N–H and O–H groups in total. The van der Waals surface area contributed by atoms with Crippen LogP contribution in [0.4, 0.5) is 0 Å². The predicted octanol–water partition coefficient (Wildman–Crippen LogP) is 1.78. The number of amides is 1. The summed E-state index contributed by atoms with van der Waals surface area (Å²) in [4.78, 5) is 11.8. The van der Waals surface area contributed by atoms with E-state index in [4.69, 9.17) is 0 Å². The second-order valence-corrected chi connectivity index (χ2v) is 7.63. The molecule has 0 atom stereocenters. The number of sulfonamides is 1. The molecule has 6 heteroatoms. The van der Waals surface area contributed by atoms with Crippen LogP contribution in [-0.2, 0) is 14.8 Å². The molecule has 5 nitrogen and oxygen atoms in total. The molecule has 0 aliphatic carbocycles. The summed E-state index contributed by atoms with van der Waals surface area (Å²) in [6.45, 7) is 6.40. The minimum absolute atomic E-state index is 0.0499. The number of aryl methyl sites for hydroxylation is 1. The predicted molar refractivity (Wildman–Crippen MR) is 83.5 cm³/mol. The molecule has 0 bridgehead atoms. The highest BCUT2D eigenvalue weighted by atomic mass is 32.2. The fraction of sp³-hybridized carbons (Fsp3) is 0.533. The van der Waals surface area contributed by atoms with Crippen molar-refractivity contribution in [3.8, 4) is 0 Å². The van der Waals surface area contributed by atoms with Crippen molar-refractivity contribution in [1.29, 1.82) is 0 Å². The number of hydrogen-bond donors (Lipinski definition) is 1. The SMILES string of the molecule is Cc1ccc(S(=O)(=O)N(C)CCNC(=O)CC(C)C)cc1. The molecule has 0 saturated heterocycles. The van der Waals surface area contributed by atoms with E-state index in [1.54, 1.807) is 24.3 Å². The van der Waals surface area contributed by atoms with Gasteiger partial charge in [0.15, 0.2) is 0 Å². The van der Waals surface area contributed by atoms with Crippen LogP contribution in [0.1, 0.15) is 25.8 Å². The van der Waals surface area contributed by atoms with Crippen molar-refractivity contribution in [2.24, 2.45) is 5.92 Å². The monoisotopic (exact) mass is 312 g/mol. The topological polar surface area (TPSA) is 66.5 Å². The lowest BCUT2D eigenvalue weighted by Crippen LogP contribution is -2.36. The Bertz CT molecular complexity index is 565. The van der Waals surface area contributed by atoms with Crippen LogP contribution in [0.25, 0.3) is 0 Å². The van der Waals surface area contributed by atoms with Gasteiger partial charge >= 0.3 is 0 Å². The highest BCUT2D eigenvalue weighted by Crippen LogP contribution is 2.14. The van der Waals surface area contributed by atoms with Crippen molar-refractivity contribution < 1.29 is 13.2 Å². The van der Waals surface area contributed by atoms with Gasteiger partial charge in [-0.3, -0.25) is 4.79 Å². The van der Waals surface area contributed by atoms with Gasteiger partial charge in [-0.05, 0) is 25.0 Å². The molecular formula is C15H24N2O3S. The van der Waals surface area contributed by atoms with Gasteiger partial charge in [-0.1, -0.05) is 31.5 Å². The minimum atomic E-state index is -3.49. The molecule has 0 radical (unpaired) electrons. The lowest BCUT2D eigenvalue weighted by atomic mass is 10.1. The summed E-state index contributed by atoms with van der Waals surface area (Å²) in [7, 11) is -1.98. The average Bonchev–Trinajstić information content (AvgIpc) is 2.38. The van der Waals surface area contributed by atoms with Crippen molar-refractivity contribution in [3.63, 3.8) is 0 Å². The van der Waals surface area contributed by atoms with Crippen molar-refractivity contribution >= 4 is 15.9 Å². The van der Waals surface area contributed by atoms with E-state index >= 15 is 0 Å². The first-order chi connectivity index (χ1) is 9.73. The number of hydrogen-bond acceptors (Lipinski definition) is 3. The Morgan fingerprint density at radius 2 is 1.81 bits per heavy atom. The number of nitrogens with one attached hydrogen (secondary N) is 1. The third kappa shape index (κ3) is 5.47. The van der Waals surface area contributed by atoms with E-state index in [1.807, 2.05) is 20.8 Å². The molecule has 1 aromatic carbocycles. The second-order valence-electron chi connectivity index (χ2n) is 5.59. The smallest absolute Gasteiger partial charge is 0.242 e. The van der Waals surface area contributed by atoms with E-state index in [0.29, 0.717) is 18.9 Å². The molecule has 0 aliphatic rings.